The maximum atomic E-state index is 5.50. The lowest BCUT2D eigenvalue weighted by atomic mass is 10.2. The Kier molecular flexibility index (Phi) is 7.65. The Labute approximate surface area is 93.4 Å². The van der Waals surface area contributed by atoms with E-state index < -0.39 is 0 Å². The largest absolute Gasteiger partial charge is 0.377 e. The molecule has 3 heteroatoms. The lowest BCUT2D eigenvalue weighted by Gasteiger charge is -2.19. The first kappa shape index (κ1) is 14.6. The molecule has 1 unspecified atom stereocenters. The molecule has 0 heterocycles. The Hall–Kier alpha value is -0.380. The van der Waals surface area contributed by atoms with Crippen molar-refractivity contribution in [2.24, 2.45) is 0 Å². The van der Waals surface area contributed by atoms with Crippen molar-refractivity contribution in [3.63, 3.8) is 0 Å². The molecule has 0 aromatic heterocycles. The highest BCUT2D eigenvalue weighted by molar-refractivity contribution is 4.74. The summed E-state index contributed by atoms with van der Waals surface area (Å²) in [6.45, 7) is 14.1. The predicted molar refractivity (Wildman–Crippen MR) is 62.1 cm³/mol. The number of ether oxygens (including phenoxy) is 3. The molecule has 15 heavy (non-hydrogen) atoms. The molecular formula is C12H24O3. The third-order valence-corrected chi connectivity index (χ3v) is 1.70. The van der Waals surface area contributed by atoms with Gasteiger partial charge in [0.05, 0.1) is 38.1 Å². The van der Waals surface area contributed by atoms with Gasteiger partial charge < -0.3 is 14.2 Å². The van der Waals surface area contributed by atoms with Crippen LogP contribution in [0.4, 0.5) is 0 Å². The van der Waals surface area contributed by atoms with E-state index >= 15 is 0 Å². The van der Waals surface area contributed by atoms with E-state index in [1.165, 1.54) is 0 Å². The smallest absolute Gasteiger partial charge is 0.0726 e. The quantitative estimate of drug-likeness (QED) is 0.460. The van der Waals surface area contributed by atoms with Gasteiger partial charge in [-0.05, 0) is 27.7 Å². The first-order valence-electron chi connectivity index (χ1n) is 5.41. The number of rotatable bonds is 8. The summed E-state index contributed by atoms with van der Waals surface area (Å²) in [5.74, 6) is 0. The zero-order valence-electron chi connectivity index (χ0n) is 10.4. The van der Waals surface area contributed by atoms with Gasteiger partial charge in [0.15, 0.2) is 0 Å². The zero-order chi connectivity index (χ0) is 11.7. The SMILES string of the molecule is C=CC(C)OCCOCCOC(C)(C)C. The van der Waals surface area contributed by atoms with Crippen molar-refractivity contribution in [3.05, 3.63) is 12.7 Å². The van der Waals surface area contributed by atoms with E-state index in [0.717, 1.165) is 0 Å². The third-order valence-electron chi connectivity index (χ3n) is 1.70. The molecule has 90 valence electrons. The van der Waals surface area contributed by atoms with Gasteiger partial charge in [0.2, 0.25) is 0 Å². The van der Waals surface area contributed by atoms with Gasteiger partial charge >= 0.3 is 0 Å². The van der Waals surface area contributed by atoms with E-state index in [9.17, 15) is 0 Å². The number of hydrogen-bond acceptors (Lipinski definition) is 3. The molecule has 0 fully saturated rings. The highest BCUT2D eigenvalue weighted by Gasteiger charge is 2.08. The molecule has 0 aliphatic rings. The third kappa shape index (κ3) is 11.5. The van der Waals surface area contributed by atoms with Gasteiger partial charge in [-0.1, -0.05) is 6.08 Å². The van der Waals surface area contributed by atoms with Crippen LogP contribution in [0.2, 0.25) is 0 Å². The molecule has 0 radical (unpaired) electrons. The van der Waals surface area contributed by atoms with Gasteiger partial charge in [0.1, 0.15) is 0 Å². The van der Waals surface area contributed by atoms with E-state index in [1.807, 2.05) is 27.7 Å². The highest BCUT2D eigenvalue weighted by Crippen LogP contribution is 2.05. The van der Waals surface area contributed by atoms with Crippen LogP contribution in [0.15, 0.2) is 12.7 Å². The zero-order valence-corrected chi connectivity index (χ0v) is 10.4. The molecule has 3 nitrogen and oxygen atoms in total. The maximum absolute atomic E-state index is 5.50. The molecule has 0 rings (SSSR count). The summed E-state index contributed by atoms with van der Waals surface area (Å²) in [6, 6.07) is 0. The molecule has 0 aliphatic heterocycles. The van der Waals surface area contributed by atoms with Crippen LogP contribution < -0.4 is 0 Å². The van der Waals surface area contributed by atoms with Crippen molar-refractivity contribution in [3.8, 4) is 0 Å². The molecule has 0 amide bonds. The molecule has 0 aromatic carbocycles. The van der Waals surface area contributed by atoms with Gasteiger partial charge in [-0.25, -0.2) is 0 Å². The number of hydrogen-bond donors (Lipinski definition) is 0. The fourth-order valence-corrected chi connectivity index (χ4v) is 0.870. The first-order valence-corrected chi connectivity index (χ1v) is 5.41. The van der Waals surface area contributed by atoms with Gasteiger partial charge in [0, 0.05) is 0 Å². The Morgan fingerprint density at radius 2 is 1.73 bits per heavy atom. The minimum Gasteiger partial charge on any atom is -0.377 e. The molecule has 1 atom stereocenters. The minimum absolute atomic E-state index is 0.0861. The summed E-state index contributed by atoms with van der Waals surface area (Å²) >= 11 is 0. The average molecular weight is 216 g/mol. The fourth-order valence-electron chi connectivity index (χ4n) is 0.870. The second-order valence-corrected chi connectivity index (χ2v) is 4.38. The van der Waals surface area contributed by atoms with E-state index in [-0.39, 0.29) is 11.7 Å². The van der Waals surface area contributed by atoms with Gasteiger partial charge in [-0.3, -0.25) is 0 Å². The Bertz CT molecular complexity index is 161. The van der Waals surface area contributed by atoms with Crippen molar-refractivity contribution in [2.45, 2.75) is 39.4 Å². The lowest BCUT2D eigenvalue weighted by molar-refractivity contribution is -0.0446. The van der Waals surface area contributed by atoms with E-state index in [2.05, 4.69) is 6.58 Å². The normalized spacial score (nSPS) is 13.9. The molecule has 0 aliphatic carbocycles. The predicted octanol–water partition coefficient (Wildman–Crippen LogP) is 2.41. The van der Waals surface area contributed by atoms with E-state index in [4.69, 9.17) is 14.2 Å². The Morgan fingerprint density at radius 1 is 1.13 bits per heavy atom. The van der Waals surface area contributed by atoms with Crippen LogP contribution in [0.25, 0.3) is 0 Å². The minimum atomic E-state index is -0.0861. The van der Waals surface area contributed by atoms with Crippen LogP contribution in [-0.2, 0) is 14.2 Å². The van der Waals surface area contributed by atoms with Gasteiger partial charge in [0.25, 0.3) is 0 Å². The average Bonchev–Trinajstić information content (AvgIpc) is 2.14. The van der Waals surface area contributed by atoms with Crippen molar-refractivity contribution >= 4 is 0 Å². The van der Waals surface area contributed by atoms with Crippen LogP contribution in [0.1, 0.15) is 27.7 Å². The van der Waals surface area contributed by atoms with Crippen molar-refractivity contribution in [2.75, 3.05) is 26.4 Å². The van der Waals surface area contributed by atoms with Crippen molar-refractivity contribution < 1.29 is 14.2 Å². The van der Waals surface area contributed by atoms with E-state index in [0.29, 0.717) is 26.4 Å². The van der Waals surface area contributed by atoms with E-state index in [1.54, 1.807) is 6.08 Å². The van der Waals surface area contributed by atoms with Crippen LogP contribution >= 0.6 is 0 Å². The van der Waals surface area contributed by atoms with Crippen LogP contribution in [0.3, 0.4) is 0 Å². The highest BCUT2D eigenvalue weighted by atomic mass is 16.6. The van der Waals surface area contributed by atoms with Crippen LogP contribution in [0.5, 0.6) is 0 Å². The van der Waals surface area contributed by atoms with Gasteiger partial charge in [-0.15, -0.1) is 6.58 Å². The molecule has 0 saturated heterocycles. The standard InChI is InChI=1S/C12H24O3/c1-6-11(2)14-9-7-13-8-10-15-12(3,4)5/h6,11H,1,7-10H2,2-5H3. The maximum Gasteiger partial charge on any atom is 0.0726 e. The molecule has 0 spiro atoms. The van der Waals surface area contributed by atoms with Gasteiger partial charge in [-0.2, -0.15) is 0 Å². The summed E-state index contributed by atoms with van der Waals surface area (Å²) in [7, 11) is 0. The molecule has 0 N–H and O–H groups in total. The molecule has 0 bridgehead atoms. The summed E-state index contributed by atoms with van der Waals surface area (Å²) in [5.41, 5.74) is -0.0861. The Morgan fingerprint density at radius 3 is 2.27 bits per heavy atom. The Balaban J connectivity index is 3.15. The molecule has 0 aromatic rings. The second kappa shape index (κ2) is 7.85. The van der Waals surface area contributed by atoms with Crippen molar-refractivity contribution in [1.29, 1.82) is 0 Å². The topological polar surface area (TPSA) is 27.7 Å². The molecular weight excluding hydrogens is 192 g/mol. The van der Waals surface area contributed by atoms with Crippen molar-refractivity contribution in [1.82, 2.24) is 0 Å². The fraction of sp³-hybridized carbons (Fsp3) is 0.833. The monoisotopic (exact) mass is 216 g/mol. The summed E-state index contributed by atoms with van der Waals surface area (Å²) < 4.78 is 16.2. The van der Waals surface area contributed by atoms with Crippen LogP contribution in [-0.4, -0.2) is 38.1 Å². The summed E-state index contributed by atoms with van der Waals surface area (Å²) in [6.07, 6.45) is 1.86. The lowest BCUT2D eigenvalue weighted by Crippen LogP contribution is -2.22. The molecule has 0 saturated carbocycles. The second-order valence-electron chi connectivity index (χ2n) is 4.38. The van der Waals surface area contributed by atoms with Crippen LogP contribution in [0, 0.1) is 0 Å². The summed E-state index contributed by atoms with van der Waals surface area (Å²) in [5, 5.41) is 0. The summed E-state index contributed by atoms with van der Waals surface area (Å²) in [4.78, 5) is 0. The first-order chi connectivity index (χ1) is 6.95.